The molecule has 1 unspecified atom stereocenters. The van der Waals surface area contributed by atoms with Gasteiger partial charge in [0.1, 0.15) is 6.04 Å². The lowest BCUT2D eigenvalue weighted by atomic mass is 10.0. The van der Waals surface area contributed by atoms with Gasteiger partial charge in [-0.25, -0.2) is 0 Å². The molecule has 1 saturated heterocycles. The molecule has 1 fully saturated rings. The van der Waals surface area contributed by atoms with Crippen molar-refractivity contribution in [1.82, 2.24) is 4.90 Å². The largest absolute Gasteiger partial charge is 0.368 e. The fourth-order valence-corrected chi connectivity index (χ4v) is 1.64. The van der Waals surface area contributed by atoms with E-state index in [1.54, 1.807) is 0 Å². The van der Waals surface area contributed by atoms with E-state index in [4.69, 9.17) is 18.0 Å². The molecule has 0 aromatic heterocycles. The van der Waals surface area contributed by atoms with Gasteiger partial charge in [0, 0.05) is 6.54 Å². The molecule has 0 aromatic carbocycles. The predicted molar refractivity (Wildman–Crippen MR) is 47.2 cm³/mol. The number of piperidine rings is 1. The third-order valence-electron chi connectivity index (χ3n) is 2.01. The van der Waals surface area contributed by atoms with E-state index < -0.39 is 0 Å². The fourth-order valence-electron chi connectivity index (χ4n) is 1.39. The van der Waals surface area contributed by atoms with Crippen LogP contribution in [0.2, 0.25) is 0 Å². The summed E-state index contributed by atoms with van der Waals surface area (Å²) in [6.07, 6.45) is 3.03. The lowest BCUT2D eigenvalue weighted by molar-refractivity contribution is -0.122. The number of hydrogen-bond acceptors (Lipinski definition) is 2. The van der Waals surface area contributed by atoms with E-state index in [0.717, 1.165) is 25.8 Å². The molecule has 0 radical (unpaired) electrons. The highest BCUT2D eigenvalue weighted by molar-refractivity contribution is 7.78. The van der Waals surface area contributed by atoms with Crippen molar-refractivity contribution in [2.24, 2.45) is 5.73 Å². The molecule has 1 amide bonds. The standard InChI is InChI=1S/C7H12N2OS/c8-7(10)6-3-1-2-4-9(6)5-11/h5-6H,1-4H2,(H2,8,10). The minimum atomic E-state index is -0.259. The fraction of sp³-hybridized carbons (Fsp3) is 0.714. The van der Waals surface area contributed by atoms with Crippen molar-refractivity contribution in [3.05, 3.63) is 0 Å². The van der Waals surface area contributed by atoms with E-state index in [-0.39, 0.29) is 11.9 Å². The Morgan fingerprint density at radius 2 is 2.36 bits per heavy atom. The van der Waals surface area contributed by atoms with Gasteiger partial charge in [0.15, 0.2) is 0 Å². The number of carbonyl (C=O) groups excluding carboxylic acids is 1. The normalized spacial score (nSPS) is 24.7. The summed E-state index contributed by atoms with van der Waals surface area (Å²) in [5.74, 6) is -0.259. The molecule has 4 heteroatoms. The number of amides is 1. The Bertz CT molecular complexity index is 172. The summed E-state index contributed by atoms with van der Waals surface area (Å²) in [7, 11) is 0. The van der Waals surface area contributed by atoms with E-state index in [1.807, 2.05) is 4.90 Å². The summed E-state index contributed by atoms with van der Waals surface area (Å²) in [5.41, 5.74) is 6.72. The van der Waals surface area contributed by atoms with E-state index >= 15 is 0 Å². The number of likely N-dealkylation sites (tertiary alicyclic amines) is 1. The van der Waals surface area contributed by atoms with Crippen molar-refractivity contribution in [3.8, 4) is 0 Å². The van der Waals surface area contributed by atoms with Crippen LogP contribution in [-0.4, -0.2) is 28.9 Å². The van der Waals surface area contributed by atoms with Crippen molar-refractivity contribution >= 4 is 23.6 Å². The Morgan fingerprint density at radius 3 is 2.82 bits per heavy atom. The molecular formula is C7H12N2OS. The highest BCUT2D eigenvalue weighted by atomic mass is 32.1. The first kappa shape index (κ1) is 8.46. The average molecular weight is 172 g/mol. The number of thiocarbonyl (C=S) groups is 1. The Morgan fingerprint density at radius 1 is 1.64 bits per heavy atom. The molecule has 0 aromatic rings. The number of primary amides is 1. The first-order valence-corrected chi connectivity index (χ1v) is 4.23. The van der Waals surface area contributed by atoms with E-state index in [1.165, 1.54) is 5.49 Å². The zero-order valence-corrected chi connectivity index (χ0v) is 7.14. The maximum atomic E-state index is 10.8. The van der Waals surface area contributed by atoms with Crippen LogP contribution in [0, 0.1) is 0 Å². The number of nitrogens with zero attached hydrogens (tertiary/aromatic N) is 1. The highest BCUT2D eigenvalue weighted by Crippen LogP contribution is 2.14. The molecule has 1 atom stereocenters. The Kier molecular flexibility index (Phi) is 2.82. The van der Waals surface area contributed by atoms with Gasteiger partial charge < -0.3 is 10.6 Å². The Hall–Kier alpha value is -0.640. The molecule has 3 nitrogen and oxygen atoms in total. The van der Waals surface area contributed by atoms with Crippen molar-refractivity contribution in [2.75, 3.05) is 6.54 Å². The molecule has 1 rings (SSSR count). The first-order valence-electron chi connectivity index (χ1n) is 3.76. The maximum absolute atomic E-state index is 10.8. The monoisotopic (exact) mass is 172 g/mol. The van der Waals surface area contributed by atoms with Gasteiger partial charge in [-0.2, -0.15) is 0 Å². The van der Waals surface area contributed by atoms with Crippen LogP contribution in [0.5, 0.6) is 0 Å². The SMILES string of the molecule is NC(=O)C1CCCCN1C=S. The summed E-state index contributed by atoms with van der Waals surface area (Å²) in [6, 6.07) is -0.152. The lowest BCUT2D eigenvalue weighted by Crippen LogP contribution is -2.46. The van der Waals surface area contributed by atoms with Crippen LogP contribution < -0.4 is 5.73 Å². The average Bonchev–Trinajstić information content (AvgIpc) is 2.04. The number of nitrogens with two attached hydrogens (primary N) is 1. The van der Waals surface area contributed by atoms with Crippen LogP contribution >= 0.6 is 12.2 Å². The van der Waals surface area contributed by atoms with Crippen LogP contribution in [0.4, 0.5) is 0 Å². The lowest BCUT2D eigenvalue weighted by Gasteiger charge is -2.31. The van der Waals surface area contributed by atoms with Gasteiger partial charge in [-0.1, -0.05) is 12.2 Å². The molecule has 1 heterocycles. The van der Waals surface area contributed by atoms with E-state index in [2.05, 4.69) is 0 Å². The Balaban J connectivity index is 2.58. The predicted octanol–water partition coefficient (Wildman–Crippen LogP) is 0.283. The highest BCUT2D eigenvalue weighted by Gasteiger charge is 2.23. The topological polar surface area (TPSA) is 46.3 Å². The zero-order chi connectivity index (χ0) is 8.27. The van der Waals surface area contributed by atoms with Crippen molar-refractivity contribution in [1.29, 1.82) is 0 Å². The van der Waals surface area contributed by atoms with E-state index in [0.29, 0.717) is 0 Å². The summed E-state index contributed by atoms with van der Waals surface area (Å²) >= 11 is 4.76. The third-order valence-corrected chi connectivity index (χ3v) is 2.28. The molecule has 0 saturated carbocycles. The van der Waals surface area contributed by atoms with Crippen LogP contribution in [0.1, 0.15) is 19.3 Å². The van der Waals surface area contributed by atoms with E-state index in [9.17, 15) is 4.79 Å². The molecule has 62 valence electrons. The van der Waals surface area contributed by atoms with Gasteiger partial charge in [-0.15, -0.1) is 0 Å². The second-order valence-electron chi connectivity index (χ2n) is 2.76. The van der Waals surface area contributed by atoms with Gasteiger partial charge in [0.05, 0.1) is 5.49 Å². The van der Waals surface area contributed by atoms with Gasteiger partial charge in [0.2, 0.25) is 5.91 Å². The minimum absolute atomic E-state index is 0.152. The molecule has 0 bridgehead atoms. The van der Waals surface area contributed by atoms with Gasteiger partial charge in [0.25, 0.3) is 0 Å². The van der Waals surface area contributed by atoms with Crippen LogP contribution in [0.3, 0.4) is 0 Å². The summed E-state index contributed by atoms with van der Waals surface area (Å²) < 4.78 is 0. The summed E-state index contributed by atoms with van der Waals surface area (Å²) in [4.78, 5) is 12.7. The molecule has 2 N–H and O–H groups in total. The molecule has 11 heavy (non-hydrogen) atoms. The quantitative estimate of drug-likeness (QED) is 0.609. The molecule has 0 spiro atoms. The molecular weight excluding hydrogens is 160 g/mol. The maximum Gasteiger partial charge on any atom is 0.240 e. The molecule has 1 aliphatic heterocycles. The van der Waals surface area contributed by atoms with Crippen molar-refractivity contribution in [3.63, 3.8) is 0 Å². The van der Waals surface area contributed by atoms with Crippen molar-refractivity contribution < 1.29 is 4.79 Å². The second-order valence-corrected chi connectivity index (χ2v) is 2.97. The van der Waals surface area contributed by atoms with Gasteiger partial charge in [-0.05, 0) is 19.3 Å². The van der Waals surface area contributed by atoms with Gasteiger partial charge in [-0.3, -0.25) is 4.79 Å². The Labute approximate surface area is 71.5 Å². The minimum Gasteiger partial charge on any atom is -0.368 e. The van der Waals surface area contributed by atoms with Crippen LogP contribution in [0.25, 0.3) is 0 Å². The van der Waals surface area contributed by atoms with Crippen LogP contribution in [0.15, 0.2) is 0 Å². The summed E-state index contributed by atoms with van der Waals surface area (Å²) in [5, 5.41) is 0. The molecule has 0 aliphatic carbocycles. The van der Waals surface area contributed by atoms with Crippen LogP contribution in [-0.2, 0) is 4.79 Å². The second kappa shape index (κ2) is 3.67. The number of hydrogen-bond donors (Lipinski definition) is 1. The zero-order valence-electron chi connectivity index (χ0n) is 6.32. The number of rotatable bonds is 2. The van der Waals surface area contributed by atoms with Crippen molar-refractivity contribution in [2.45, 2.75) is 25.3 Å². The molecule has 1 aliphatic rings. The summed E-state index contributed by atoms with van der Waals surface area (Å²) in [6.45, 7) is 0.872. The van der Waals surface area contributed by atoms with Gasteiger partial charge >= 0.3 is 0 Å². The first-order chi connectivity index (χ1) is 5.25. The third kappa shape index (κ3) is 1.89. The number of carbonyl (C=O) groups is 1. The smallest absolute Gasteiger partial charge is 0.240 e.